The summed E-state index contributed by atoms with van der Waals surface area (Å²) in [5.41, 5.74) is 0. The predicted molar refractivity (Wildman–Crippen MR) is 82.7 cm³/mol. The van der Waals surface area contributed by atoms with E-state index in [-0.39, 0.29) is 0 Å². The predicted octanol–water partition coefficient (Wildman–Crippen LogP) is 0.766. The van der Waals surface area contributed by atoms with Crippen LogP contribution >= 0.6 is 0 Å². The Balaban J connectivity index is -0.000000506. The van der Waals surface area contributed by atoms with Gasteiger partial charge in [-0.05, 0) is 26.2 Å². The summed E-state index contributed by atoms with van der Waals surface area (Å²) in [6.07, 6.45) is 1.58. The van der Waals surface area contributed by atoms with Crippen LogP contribution in [0.5, 0.6) is 0 Å². The second kappa shape index (κ2) is 23.5. The zero-order valence-electron chi connectivity index (χ0n) is 11.6. The summed E-state index contributed by atoms with van der Waals surface area (Å²) in [5, 5.41) is 0. The quantitative estimate of drug-likeness (QED) is 0.535. The van der Waals surface area contributed by atoms with Crippen LogP contribution in [0.1, 0.15) is 13.8 Å². The Bertz CT molecular complexity index is 137. The number of rotatable bonds is 9. The zero-order valence-corrected chi connectivity index (χ0v) is 15.9. The summed E-state index contributed by atoms with van der Waals surface area (Å²) in [6.45, 7) is 10.9. The van der Waals surface area contributed by atoms with Gasteiger partial charge in [0.15, 0.2) is 0 Å². The van der Waals surface area contributed by atoms with Crippen LogP contribution in [0.25, 0.3) is 0 Å². The van der Waals surface area contributed by atoms with Gasteiger partial charge in [0, 0.05) is 13.1 Å². The number of nitrogens with zero attached hydrogens (tertiary/aromatic N) is 2. The first kappa shape index (κ1) is 24.4. The first-order valence-electron chi connectivity index (χ1n) is 5.95. The molecule has 0 aliphatic carbocycles. The Hall–Kier alpha value is 1.42. The van der Waals surface area contributed by atoms with Crippen LogP contribution in [0.3, 0.4) is 0 Å². The van der Waals surface area contributed by atoms with Crippen molar-refractivity contribution < 1.29 is 22.4 Å². The van der Waals surface area contributed by atoms with E-state index in [0.29, 0.717) is 0 Å². The van der Waals surface area contributed by atoms with Crippen molar-refractivity contribution in [2.75, 3.05) is 57.0 Å². The minimum absolute atomic E-state index is 0.813. The molecule has 0 rings (SSSR count). The molecule has 0 fully saturated rings. The second-order valence-corrected chi connectivity index (χ2v) is 4.09. The molecule has 0 aliphatic rings. The summed E-state index contributed by atoms with van der Waals surface area (Å²) in [4.78, 5) is 4.80. The number of likely N-dealkylation sites (N-methyl/N-ethyl adjacent to an activating group) is 1. The monoisotopic (exact) mass is 394 g/mol. The fraction of sp³-hybridized carbons (Fsp3) is 1.00. The Morgan fingerprint density at radius 3 is 1.39 bits per heavy atom. The molecule has 110 valence electrons. The normalized spacial score (nSPS) is 9.50. The summed E-state index contributed by atoms with van der Waals surface area (Å²) in [5.74, 6) is 1.63. The van der Waals surface area contributed by atoms with Gasteiger partial charge in [-0.3, -0.25) is 0 Å². The van der Waals surface area contributed by atoms with Crippen LogP contribution in [0.15, 0.2) is 0 Å². The van der Waals surface area contributed by atoms with Crippen molar-refractivity contribution in [3.05, 3.63) is 0 Å². The van der Waals surface area contributed by atoms with Crippen molar-refractivity contribution in [3.8, 4) is 0 Å². The van der Waals surface area contributed by atoms with E-state index in [0.717, 1.165) is 69.6 Å². The average Bonchev–Trinajstić information content (AvgIpc) is 2.45. The molecule has 0 aromatic carbocycles. The van der Waals surface area contributed by atoms with Gasteiger partial charge in [0.05, 0.1) is 0 Å². The first-order valence-corrected chi connectivity index (χ1v) is 8.68. The van der Waals surface area contributed by atoms with Crippen molar-refractivity contribution in [2.45, 2.75) is 13.8 Å². The van der Waals surface area contributed by atoms with Crippen molar-refractivity contribution in [2.24, 2.45) is 0 Å². The Morgan fingerprint density at radius 2 is 1.11 bits per heavy atom. The van der Waals surface area contributed by atoms with Crippen molar-refractivity contribution in [1.29, 1.82) is 0 Å². The van der Waals surface area contributed by atoms with E-state index >= 15 is 0 Å². The molecule has 7 heteroatoms. The maximum atomic E-state index is 8.22. The van der Waals surface area contributed by atoms with Crippen LogP contribution in [-0.4, -0.2) is 66.8 Å². The second-order valence-electron chi connectivity index (χ2n) is 3.28. The Kier molecular flexibility index (Phi) is 31.9. The summed E-state index contributed by atoms with van der Waals surface area (Å²) in [6, 6.07) is 0. The van der Waals surface area contributed by atoms with E-state index in [1.54, 1.807) is 6.26 Å². The molecule has 0 unspecified atom stereocenters. The van der Waals surface area contributed by atoms with Crippen LogP contribution < -0.4 is 0 Å². The molecule has 0 atom stereocenters. The molecule has 18 heavy (non-hydrogen) atoms. The van der Waals surface area contributed by atoms with Crippen LogP contribution in [-0.2, 0) is 60.2 Å². The number of hydrogen-bond acceptors (Lipinski definition) is 6. The molecule has 0 N–H and O–H groups in total. The van der Waals surface area contributed by atoms with E-state index in [9.17, 15) is 0 Å². The van der Waals surface area contributed by atoms with Crippen molar-refractivity contribution in [1.82, 2.24) is 9.80 Å². The molecule has 0 radical (unpaired) electrons. The van der Waals surface area contributed by atoms with E-state index in [2.05, 4.69) is 36.3 Å². The molecule has 0 saturated heterocycles. The maximum absolute atomic E-state index is 8.22. The van der Waals surface area contributed by atoms with Crippen molar-refractivity contribution in [3.63, 3.8) is 0 Å². The van der Waals surface area contributed by atoms with Crippen LogP contribution in [0, 0.1) is 0 Å². The van der Waals surface area contributed by atoms with Crippen LogP contribution in [0.4, 0.5) is 0 Å². The summed E-state index contributed by atoms with van der Waals surface area (Å²) in [7, 11) is 0. The molecule has 0 bridgehead atoms. The fourth-order valence-corrected chi connectivity index (χ4v) is 1.93. The average molecular weight is 396 g/mol. The SMILES string of the molecule is CCN(CC)CCN(CC[S-])CC[S-].C[S-].[O]=[Tc+3]. The van der Waals surface area contributed by atoms with Gasteiger partial charge in [-0.2, -0.15) is 17.8 Å². The van der Waals surface area contributed by atoms with Gasteiger partial charge in [0.25, 0.3) is 0 Å². The van der Waals surface area contributed by atoms with E-state index in [1.807, 2.05) is 0 Å². The van der Waals surface area contributed by atoms with Crippen molar-refractivity contribution >= 4 is 37.9 Å². The van der Waals surface area contributed by atoms with E-state index in [4.69, 9.17) is 28.8 Å². The molecule has 0 aromatic heterocycles. The van der Waals surface area contributed by atoms with Gasteiger partial charge < -0.3 is 47.7 Å². The minimum atomic E-state index is 0.813. The Labute approximate surface area is 140 Å². The fourth-order valence-electron chi connectivity index (χ4n) is 1.42. The van der Waals surface area contributed by atoms with E-state index < -0.39 is 0 Å². The summed E-state index contributed by atoms with van der Waals surface area (Å²) < 4.78 is 8.22. The molecular weight excluding hydrogens is 370 g/mol. The first-order chi connectivity index (χ1) is 8.78. The van der Waals surface area contributed by atoms with Gasteiger partial charge in [-0.15, -0.1) is 0 Å². The zero-order chi connectivity index (χ0) is 14.8. The van der Waals surface area contributed by atoms with Gasteiger partial charge >= 0.3 is 22.4 Å². The molecular formula is C11H25N2OS3Tc. The molecule has 3 nitrogen and oxygen atoms in total. The molecule has 0 aromatic rings. The van der Waals surface area contributed by atoms with Gasteiger partial charge in [0.1, 0.15) is 0 Å². The third-order valence-corrected chi connectivity index (χ3v) is 2.81. The number of hydrogen-bond donors (Lipinski definition) is 0. The molecule has 0 amide bonds. The molecule has 0 heterocycles. The van der Waals surface area contributed by atoms with Gasteiger partial charge in [0.2, 0.25) is 0 Å². The molecule has 0 saturated carbocycles. The Morgan fingerprint density at radius 1 is 0.778 bits per heavy atom. The van der Waals surface area contributed by atoms with Gasteiger partial charge in [-0.25, -0.2) is 0 Å². The van der Waals surface area contributed by atoms with E-state index in [1.165, 1.54) is 0 Å². The van der Waals surface area contributed by atoms with Crippen LogP contribution in [0.2, 0.25) is 0 Å². The van der Waals surface area contributed by atoms with Gasteiger partial charge in [-0.1, -0.05) is 13.8 Å². The molecule has 0 aliphatic heterocycles. The third-order valence-electron chi connectivity index (χ3n) is 2.44. The molecule has 0 spiro atoms. The topological polar surface area (TPSA) is 23.6 Å². The standard InChI is InChI=1S/C10H24N2S2.CH4S.O.Tc/c1-3-11(4-2)5-6-12(7-9-13)8-10-14;1-2;;/h13-14H,3-10H2,1-2H3;2H,1H3;;/q;;;+3/p-3. The third kappa shape index (κ3) is 17.4. The summed E-state index contributed by atoms with van der Waals surface area (Å²) >= 11 is 15.0.